The monoisotopic (exact) mass is 325 g/mol. The third-order valence-corrected chi connectivity index (χ3v) is 5.06. The van der Waals surface area contributed by atoms with Crippen LogP contribution in [0, 0.1) is 0 Å². The number of nitrogens with one attached hydrogen (secondary N) is 2. The van der Waals surface area contributed by atoms with Gasteiger partial charge in [-0.05, 0) is 17.7 Å². The summed E-state index contributed by atoms with van der Waals surface area (Å²) in [5, 5.41) is 3.29. The van der Waals surface area contributed by atoms with Crippen LogP contribution in [0.4, 0.5) is 0 Å². The number of benzene rings is 1. The number of aromatic nitrogens is 1. The van der Waals surface area contributed by atoms with Crippen LogP contribution in [-0.4, -0.2) is 19.4 Å². The number of nitrogens with zero attached hydrogens (tertiary/aromatic N) is 1. The molecule has 2 rings (SSSR count). The van der Waals surface area contributed by atoms with Crippen molar-refractivity contribution >= 4 is 21.4 Å². The predicted molar refractivity (Wildman–Crippen MR) is 84.6 cm³/mol. The Morgan fingerprint density at radius 2 is 1.90 bits per heavy atom. The highest BCUT2D eigenvalue weighted by molar-refractivity contribution is 7.89. The lowest BCUT2D eigenvalue weighted by Gasteiger charge is -2.09. The van der Waals surface area contributed by atoms with E-state index in [-0.39, 0.29) is 11.4 Å². The SMILES string of the molecule is CC(C)NCc1ccc(S(=O)(=O)NCc2cncs2)cc1. The Bertz CT molecular complexity index is 650. The summed E-state index contributed by atoms with van der Waals surface area (Å²) < 4.78 is 26.9. The first-order valence-corrected chi connectivity index (χ1v) is 9.03. The minimum atomic E-state index is -3.48. The molecule has 0 bridgehead atoms. The molecule has 0 unspecified atom stereocenters. The van der Waals surface area contributed by atoms with Crippen molar-refractivity contribution in [2.75, 3.05) is 0 Å². The third-order valence-electron chi connectivity index (χ3n) is 2.87. The van der Waals surface area contributed by atoms with Crippen molar-refractivity contribution in [1.82, 2.24) is 15.0 Å². The standard InChI is InChI=1S/C14H19N3O2S2/c1-11(2)16-7-12-3-5-14(6-4-12)21(18,19)17-9-13-8-15-10-20-13/h3-6,8,10-11,16-17H,7,9H2,1-2H3. The lowest BCUT2D eigenvalue weighted by molar-refractivity contribution is 0.580. The molecule has 2 N–H and O–H groups in total. The Balaban J connectivity index is 1.99. The van der Waals surface area contributed by atoms with Crippen molar-refractivity contribution < 1.29 is 8.42 Å². The lowest BCUT2D eigenvalue weighted by Crippen LogP contribution is -2.23. The van der Waals surface area contributed by atoms with Crippen LogP contribution in [-0.2, 0) is 23.1 Å². The van der Waals surface area contributed by atoms with Crippen molar-refractivity contribution in [2.45, 2.75) is 37.9 Å². The van der Waals surface area contributed by atoms with E-state index in [4.69, 9.17) is 0 Å². The molecule has 0 spiro atoms. The summed E-state index contributed by atoms with van der Waals surface area (Å²) in [6.45, 7) is 5.14. The number of thiazole rings is 1. The zero-order chi connectivity index (χ0) is 15.3. The van der Waals surface area contributed by atoms with Crippen molar-refractivity contribution in [3.8, 4) is 0 Å². The minimum absolute atomic E-state index is 0.268. The first-order valence-electron chi connectivity index (χ1n) is 6.67. The molecule has 0 fully saturated rings. The van der Waals surface area contributed by atoms with E-state index in [2.05, 4.69) is 28.9 Å². The Kier molecular flexibility index (Phi) is 5.46. The van der Waals surface area contributed by atoms with Crippen molar-refractivity contribution in [1.29, 1.82) is 0 Å². The first kappa shape index (κ1) is 16.1. The van der Waals surface area contributed by atoms with Gasteiger partial charge in [-0.25, -0.2) is 13.1 Å². The van der Waals surface area contributed by atoms with Crippen LogP contribution in [0.15, 0.2) is 40.9 Å². The van der Waals surface area contributed by atoms with E-state index in [1.807, 2.05) is 12.1 Å². The van der Waals surface area contributed by atoms with Gasteiger partial charge >= 0.3 is 0 Å². The molecule has 1 aromatic carbocycles. The molecule has 2 aromatic rings. The number of hydrogen-bond donors (Lipinski definition) is 2. The van der Waals surface area contributed by atoms with E-state index in [1.54, 1.807) is 23.8 Å². The van der Waals surface area contributed by atoms with Gasteiger partial charge in [0.15, 0.2) is 0 Å². The van der Waals surface area contributed by atoms with Crippen LogP contribution in [0.3, 0.4) is 0 Å². The largest absolute Gasteiger partial charge is 0.310 e. The molecular formula is C14H19N3O2S2. The topological polar surface area (TPSA) is 71.1 Å². The van der Waals surface area contributed by atoms with Crippen LogP contribution in [0.25, 0.3) is 0 Å². The first-order chi connectivity index (χ1) is 9.97. The van der Waals surface area contributed by atoms with Crippen LogP contribution >= 0.6 is 11.3 Å². The molecule has 1 heterocycles. The molecule has 0 saturated heterocycles. The van der Waals surface area contributed by atoms with Crippen LogP contribution < -0.4 is 10.0 Å². The molecule has 21 heavy (non-hydrogen) atoms. The quantitative estimate of drug-likeness (QED) is 0.818. The van der Waals surface area contributed by atoms with E-state index in [0.717, 1.165) is 17.0 Å². The Morgan fingerprint density at radius 3 is 2.48 bits per heavy atom. The maximum Gasteiger partial charge on any atom is 0.240 e. The van der Waals surface area contributed by atoms with Gasteiger partial charge in [0.05, 0.1) is 10.4 Å². The van der Waals surface area contributed by atoms with Gasteiger partial charge in [0, 0.05) is 30.2 Å². The van der Waals surface area contributed by atoms with Gasteiger partial charge in [-0.3, -0.25) is 4.98 Å². The van der Waals surface area contributed by atoms with Gasteiger partial charge in [0.1, 0.15) is 0 Å². The molecule has 0 atom stereocenters. The highest BCUT2D eigenvalue weighted by atomic mass is 32.2. The second-order valence-electron chi connectivity index (χ2n) is 4.97. The molecule has 0 aliphatic carbocycles. The molecule has 5 nitrogen and oxygen atoms in total. The lowest BCUT2D eigenvalue weighted by atomic mass is 10.2. The molecule has 0 saturated carbocycles. The molecule has 7 heteroatoms. The van der Waals surface area contributed by atoms with Gasteiger partial charge in [-0.2, -0.15) is 0 Å². The van der Waals surface area contributed by atoms with Gasteiger partial charge in [-0.1, -0.05) is 26.0 Å². The summed E-state index contributed by atoms with van der Waals surface area (Å²) in [4.78, 5) is 5.08. The van der Waals surface area contributed by atoms with Crippen molar-refractivity contribution in [2.24, 2.45) is 0 Å². The molecule has 114 valence electrons. The minimum Gasteiger partial charge on any atom is -0.310 e. The highest BCUT2D eigenvalue weighted by Gasteiger charge is 2.13. The second kappa shape index (κ2) is 7.13. The number of sulfonamides is 1. The predicted octanol–water partition coefficient (Wildman–Crippen LogP) is 2.12. The zero-order valence-corrected chi connectivity index (χ0v) is 13.7. The summed E-state index contributed by atoms with van der Waals surface area (Å²) in [7, 11) is -3.48. The summed E-state index contributed by atoms with van der Waals surface area (Å²) in [6.07, 6.45) is 1.66. The van der Waals surface area contributed by atoms with E-state index in [9.17, 15) is 8.42 Å². The van der Waals surface area contributed by atoms with Crippen molar-refractivity contribution in [3.63, 3.8) is 0 Å². The summed E-state index contributed by atoms with van der Waals surface area (Å²) in [6, 6.07) is 7.32. The van der Waals surface area contributed by atoms with Crippen LogP contribution in [0.1, 0.15) is 24.3 Å². The smallest absolute Gasteiger partial charge is 0.240 e. The van der Waals surface area contributed by atoms with E-state index in [1.165, 1.54) is 11.3 Å². The Labute approximate surface area is 129 Å². The normalized spacial score (nSPS) is 12.0. The summed E-state index contributed by atoms with van der Waals surface area (Å²) >= 11 is 1.42. The second-order valence-corrected chi connectivity index (χ2v) is 7.71. The van der Waals surface area contributed by atoms with Gasteiger partial charge in [0.2, 0.25) is 10.0 Å². The fraction of sp³-hybridized carbons (Fsp3) is 0.357. The van der Waals surface area contributed by atoms with Gasteiger partial charge in [-0.15, -0.1) is 11.3 Å². The fourth-order valence-electron chi connectivity index (χ4n) is 1.69. The van der Waals surface area contributed by atoms with Crippen LogP contribution in [0.2, 0.25) is 0 Å². The molecule has 0 aliphatic rings. The van der Waals surface area contributed by atoms with E-state index in [0.29, 0.717) is 6.04 Å². The zero-order valence-electron chi connectivity index (χ0n) is 12.0. The molecule has 1 aromatic heterocycles. The summed E-state index contributed by atoms with van der Waals surface area (Å²) in [5.41, 5.74) is 2.74. The number of hydrogen-bond acceptors (Lipinski definition) is 5. The van der Waals surface area contributed by atoms with Gasteiger partial charge in [0.25, 0.3) is 0 Å². The Hall–Kier alpha value is -1.28. The third kappa shape index (κ3) is 4.89. The number of rotatable bonds is 7. The molecule has 0 aliphatic heterocycles. The molecule has 0 amide bonds. The maximum atomic E-state index is 12.2. The molecule has 0 radical (unpaired) electrons. The Morgan fingerprint density at radius 1 is 1.19 bits per heavy atom. The van der Waals surface area contributed by atoms with Crippen LogP contribution in [0.5, 0.6) is 0 Å². The van der Waals surface area contributed by atoms with Gasteiger partial charge < -0.3 is 5.32 Å². The van der Waals surface area contributed by atoms with E-state index >= 15 is 0 Å². The fourth-order valence-corrected chi connectivity index (χ4v) is 3.32. The average Bonchev–Trinajstić information content (AvgIpc) is 2.97. The van der Waals surface area contributed by atoms with Crippen molar-refractivity contribution in [3.05, 3.63) is 46.4 Å². The van der Waals surface area contributed by atoms with E-state index < -0.39 is 10.0 Å². The highest BCUT2D eigenvalue weighted by Crippen LogP contribution is 2.12. The summed E-state index contributed by atoms with van der Waals surface area (Å²) in [5.74, 6) is 0. The maximum absolute atomic E-state index is 12.2. The average molecular weight is 325 g/mol. The molecular weight excluding hydrogens is 306 g/mol.